The molecule has 0 aromatic rings. The predicted molar refractivity (Wildman–Crippen MR) is 68.9 cm³/mol. The molecule has 0 radical (unpaired) electrons. The monoisotopic (exact) mass is 239 g/mol. The zero-order valence-electron chi connectivity index (χ0n) is 11.3. The van der Waals surface area contributed by atoms with Crippen LogP contribution in [0.3, 0.4) is 0 Å². The number of likely N-dealkylation sites (tertiary alicyclic amines) is 1. The SMILES string of the molecule is CC(C)(C)C(=O)N1CCC(NC2CNC2)CC1. The van der Waals surface area contributed by atoms with Crippen molar-refractivity contribution in [3.8, 4) is 0 Å². The van der Waals surface area contributed by atoms with Gasteiger partial charge < -0.3 is 15.5 Å². The molecular weight excluding hydrogens is 214 g/mol. The molecule has 0 atom stereocenters. The molecule has 0 aromatic carbocycles. The first-order chi connectivity index (χ1) is 7.97. The van der Waals surface area contributed by atoms with Gasteiger partial charge in [-0.25, -0.2) is 0 Å². The minimum Gasteiger partial charge on any atom is -0.342 e. The van der Waals surface area contributed by atoms with E-state index in [4.69, 9.17) is 0 Å². The highest BCUT2D eigenvalue weighted by Gasteiger charge is 2.31. The van der Waals surface area contributed by atoms with Gasteiger partial charge in [-0.2, -0.15) is 0 Å². The molecule has 0 bridgehead atoms. The fraction of sp³-hybridized carbons (Fsp3) is 0.923. The van der Waals surface area contributed by atoms with Crippen molar-refractivity contribution < 1.29 is 4.79 Å². The van der Waals surface area contributed by atoms with Gasteiger partial charge in [-0.1, -0.05) is 20.8 Å². The first-order valence-corrected chi connectivity index (χ1v) is 6.73. The molecule has 2 N–H and O–H groups in total. The Kier molecular flexibility index (Phi) is 3.73. The van der Waals surface area contributed by atoms with Gasteiger partial charge in [0.1, 0.15) is 0 Å². The van der Waals surface area contributed by atoms with Gasteiger partial charge in [0.15, 0.2) is 0 Å². The molecule has 0 saturated carbocycles. The van der Waals surface area contributed by atoms with Crippen LogP contribution in [-0.2, 0) is 4.79 Å². The zero-order valence-corrected chi connectivity index (χ0v) is 11.3. The molecule has 98 valence electrons. The number of nitrogens with zero attached hydrogens (tertiary/aromatic N) is 1. The molecule has 0 aliphatic carbocycles. The molecule has 1 amide bonds. The smallest absolute Gasteiger partial charge is 0.227 e. The Morgan fingerprint density at radius 1 is 1.18 bits per heavy atom. The van der Waals surface area contributed by atoms with E-state index in [-0.39, 0.29) is 5.41 Å². The van der Waals surface area contributed by atoms with Gasteiger partial charge in [0.25, 0.3) is 0 Å². The van der Waals surface area contributed by atoms with E-state index in [0.717, 1.165) is 39.0 Å². The number of hydrogen-bond donors (Lipinski definition) is 2. The Morgan fingerprint density at radius 3 is 2.18 bits per heavy atom. The Hall–Kier alpha value is -0.610. The molecule has 2 saturated heterocycles. The van der Waals surface area contributed by atoms with Gasteiger partial charge in [0.2, 0.25) is 5.91 Å². The van der Waals surface area contributed by atoms with E-state index in [0.29, 0.717) is 18.0 Å². The molecule has 4 nitrogen and oxygen atoms in total. The first kappa shape index (κ1) is 12.8. The molecule has 0 aromatic heterocycles. The second-order valence-corrected chi connectivity index (χ2v) is 6.34. The van der Waals surface area contributed by atoms with Gasteiger partial charge in [-0.3, -0.25) is 4.79 Å². The Labute approximate surface area is 104 Å². The average Bonchev–Trinajstić information content (AvgIpc) is 2.22. The number of piperidine rings is 1. The van der Waals surface area contributed by atoms with E-state index in [1.807, 2.05) is 25.7 Å². The molecule has 2 heterocycles. The van der Waals surface area contributed by atoms with Crippen LogP contribution in [0.1, 0.15) is 33.6 Å². The maximum Gasteiger partial charge on any atom is 0.227 e. The van der Waals surface area contributed by atoms with Crippen molar-refractivity contribution in [2.75, 3.05) is 26.2 Å². The van der Waals surface area contributed by atoms with Crippen molar-refractivity contribution in [2.45, 2.75) is 45.7 Å². The lowest BCUT2D eigenvalue weighted by atomic mass is 9.92. The lowest BCUT2D eigenvalue weighted by Crippen LogP contribution is -2.59. The van der Waals surface area contributed by atoms with Crippen LogP contribution in [0.2, 0.25) is 0 Å². The maximum absolute atomic E-state index is 12.1. The molecule has 2 aliphatic rings. The third-order valence-electron chi connectivity index (χ3n) is 3.68. The largest absolute Gasteiger partial charge is 0.342 e. The van der Waals surface area contributed by atoms with Crippen LogP contribution >= 0.6 is 0 Å². The van der Waals surface area contributed by atoms with Gasteiger partial charge in [0, 0.05) is 43.7 Å². The van der Waals surface area contributed by atoms with Crippen LogP contribution in [0, 0.1) is 5.41 Å². The molecule has 0 spiro atoms. The maximum atomic E-state index is 12.1. The van der Waals surface area contributed by atoms with Crippen molar-refractivity contribution in [3.63, 3.8) is 0 Å². The number of rotatable bonds is 2. The van der Waals surface area contributed by atoms with Crippen molar-refractivity contribution in [2.24, 2.45) is 5.41 Å². The summed E-state index contributed by atoms with van der Waals surface area (Å²) in [4.78, 5) is 14.1. The van der Waals surface area contributed by atoms with E-state index < -0.39 is 0 Å². The van der Waals surface area contributed by atoms with Crippen LogP contribution in [-0.4, -0.2) is 49.1 Å². The third-order valence-corrected chi connectivity index (χ3v) is 3.68. The summed E-state index contributed by atoms with van der Waals surface area (Å²) in [7, 11) is 0. The third kappa shape index (κ3) is 3.19. The van der Waals surface area contributed by atoms with Crippen LogP contribution in [0.4, 0.5) is 0 Å². The number of carbonyl (C=O) groups is 1. The summed E-state index contributed by atoms with van der Waals surface area (Å²) in [5, 5.41) is 6.92. The summed E-state index contributed by atoms with van der Waals surface area (Å²) in [6.07, 6.45) is 2.19. The highest BCUT2D eigenvalue weighted by atomic mass is 16.2. The van der Waals surface area contributed by atoms with E-state index in [2.05, 4.69) is 10.6 Å². The van der Waals surface area contributed by atoms with Crippen molar-refractivity contribution in [1.29, 1.82) is 0 Å². The van der Waals surface area contributed by atoms with Crippen molar-refractivity contribution in [1.82, 2.24) is 15.5 Å². The Morgan fingerprint density at radius 2 is 1.76 bits per heavy atom. The first-order valence-electron chi connectivity index (χ1n) is 6.73. The van der Waals surface area contributed by atoms with Crippen molar-refractivity contribution >= 4 is 5.91 Å². The number of amides is 1. The van der Waals surface area contributed by atoms with Crippen LogP contribution in [0.15, 0.2) is 0 Å². The summed E-state index contributed by atoms with van der Waals surface area (Å²) < 4.78 is 0. The van der Waals surface area contributed by atoms with E-state index in [9.17, 15) is 4.79 Å². The summed E-state index contributed by atoms with van der Waals surface area (Å²) in [5.41, 5.74) is -0.238. The topological polar surface area (TPSA) is 44.4 Å². The standard InChI is InChI=1S/C13H25N3O/c1-13(2,3)12(17)16-6-4-10(5-7-16)15-11-8-14-9-11/h10-11,14-15H,4-9H2,1-3H3. The van der Waals surface area contributed by atoms with Crippen LogP contribution < -0.4 is 10.6 Å². The Balaban J connectivity index is 1.75. The molecule has 17 heavy (non-hydrogen) atoms. The van der Waals surface area contributed by atoms with E-state index in [1.165, 1.54) is 0 Å². The van der Waals surface area contributed by atoms with E-state index >= 15 is 0 Å². The molecule has 0 unspecified atom stereocenters. The minimum absolute atomic E-state index is 0.238. The van der Waals surface area contributed by atoms with E-state index in [1.54, 1.807) is 0 Å². The summed E-state index contributed by atoms with van der Waals surface area (Å²) in [6, 6.07) is 1.26. The van der Waals surface area contributed by atoms with Gasteiger partial charge in [0.05, 0.1) is 0 Å². The fourth-order valence-electron chi connectivity index (χ4n) is 2.46. The van der Waals surface area contributed by atoms with Gasteiger partial charge >= 0.3 is 0 Å². The summed E-state index contributed by atoms with van der Waals surface area (Å²) >= 11 is 0. The van der Waals surface area contributed by atoms with Gasteiger partial charge in [-0.15, -0.1) is 0 Å². The fourth-order valence-corrected chi connectivity index (χ4v) is 2.46. The number of nitrogens with one attached hydrogen (secondary N) is 2. The normalized spacial score (nSPS) is 23.6. The summed E-state index contributed by atoms with van der Waals surface area (Å²) in [5.74, 6) is 0.293. The van der Waals surface area contributed by atoms with Gasteiger partial charge in [-0.05, 0) is 12.8 Å². The highest BCUT2D eigenvalue weighted by molar-refractivity contribution is 5.81. The quantitative estimate of drug-likeness (QED) is 0.741. The second-order valence-electron chi connectivity index (χ2n) is 6.34. The molecular formula is C13H25N3O. The average molecular weight is 239 g/mol. The Bertz CT molecular complexity index is 273. The summed E-state index contributed by atoms with van der Waals surface area (Å²) in [6.45, 7) is 10.0. The van der Waals surface area contributed by atoms with Crippen LogP contribution in [0.5, 0.6) is 0 Å². The number of carbonyl (C=O) groups excluding carboxylic acids is 1. The van der Waals surface area contributed by atoms with Crippen molar-refractivity contribution in [3.05, 3.63) is 0 Å². The lowest BCUT2D eigenvalue weighted by molar-refractivity contribution is -0.140. The minimum atomic E-state index is -0.238. The molecule has 4 heteroatoms. The molecule has 2 rings (SSSR count). The predicted octanol–water partition coefficient (Wildman–Crippen LogP) is 0.585. The second kappa shape index (κ2) is 4.94. The molecule has 2 fully saturated rings. The molecule has 2 aliphatic heterocycles. The van der Waals surface area contributed by atoms with Crippen LogP contribution in [0.25, 0.3) is 0 Å². The number of hydrogen-bond acceptors (Lipinski definition) is 3. The highest BCUT2D eigenvalue weighted by Crippen LogP contribution is 2.21. The zero-order chi connectivity index (χ0) is 12.5. The lowest BCUT2D eigenvalue weighted by Gasteiger charge is -2.39.